The second-order valence-electron chi connectivity index (χ2n) is 3.73. The minimum atomic E-state index is -0.343. The van der Waals surface area contributed by atoms with Gasteiger partial charge in [0, 0.05) is 11.8 Å². The molecule has 0 bridgehead atoms. The molecule has 0 unspecified atom stereocenters. The number of benzene rings is 1. The highest BCUT2D eigenvalue weighted by Crippen LogP contribution is 2.30. The first-order valence-corrected chi connectivity index (χ1v) is 5.45. The zero-order valence-corrected chi connectivity index (χ0v) is 10.7. The molecule has 1 aromatic carbocycles. The van der Waals surface area contributed by atoms with Crippen LogP contribution in [0, 0.1) is 6.92 Å². The second-order valence-corrected chi connectivity index (χ2v) is 4.14. The largest absolute Gasteiger partial charge is 0.495 e. The highest BCUT2D eigenvalue weighted by molar-refractivity contribution is 6.32. The number of ether oxygens (including phenoxy) is 1. The number of methoxy groups -OCH3 is 1. The van der Waals surface area contributed by atoms with E-state index in [4.69, 9.17) is 16.3 Å². The van der Waals surface area contributed by atoms with Crippen molar-refractivity contribution >= 4 is 29.0 Å². The summed E-state index contributed by atoms with van der Waals surface area (Å²) < 4.78 is 5.05. The van der Waals surface area contributed by atoms with E-state index in [1.54, 1.807) is 12.1 Å². The molecule has 0 heterocycles. The average molecular weight is 256 g/mol. The lowest BCUT2D eigenvalue weighted by Gasteiger charge is -2.11. The molecule has 0 atom stereocenters. The number of amides is 1. The van der Waals surface area contributed by atoms with Gasteiger partial charge in [-0.15, -0.1) is 0 Å². The van der Waals surface area contributed by atoms with Gasteiger partial charge < -0.3 is 10.1 Å². The first-order chi connectivity index (χ1) is 7.93. The molecule has 1 N–H and O–H groups in total. The molecular weight excluding hydrogens is 242 g/mol. The zero-order valence-electron chi connectivity index (χ0n) is 9.96. The van der Waals surface area contributed by atoms with E-state index < -0.39 is 0 Å². The first-order valence-electron chi connectivity index (χ1n) is 5.07. The lowest BCUT2D eigenvalue weighted by molar-refractivity contribution is -0.124. The summed E-state index contributed by atoms with van der Waals surface area (Å²) in [5.74, 6) is -0.0403. The van der Waals surface area contributed by atoms with Crippen molar-refractivity contribution < 1.29 is 14.3 Å². The van der Waals surface area contributed by atoms with E-state index in [0.717, 1.165) is 5.56 Å². The molecule has 17 heavy (non-hydrogen) atoms. The Morgan fingerprint density at radius 2 is 2.06 bits per heavy atom. The summed E-state index contributed by atoms with van der Waals surface area (Å²) in [6, 6.07) is 3.33. The summed E-state index contributed by atoms with van der Waals surface area (Å²) in [7, 11) is 1.50. The maximum atomic E-state index is 11.5. The summed E-state index contributed by atoms with van der Waals surface area (Å²) in [4.78, 5) is 22.3. The van der Waals surface area contributed by atoms with Crippen molar-refractivity contribution in [3.8, 4) is 5.75 Å². The van der Waals surface area contributed by atoms with Crippen LogP contribution in [0.5, 0.6) is 5.75 Å². The van der Waals surface area contributed by atoms with Gasteiger partial charge in [0.05, 0.1) is 18.6 Å². The topological polar surface area (TPSA) is 55.4 Å². The molecule has 0 radical (unpaired) electrons. The number of anilines is 1. The van der Waals surface area contributed by atoms with Crippen LogP contribution in [0.1, 0.15) is 18.9 Å². The molecular formula is C12H14ClNO3. The SMILES string of the molecule is COc1cc(NC(=O)CC(C)=O)c(C)cc1Cl. The number of aryl methyl sites for hydroxylation is 1. The predicted octanol–water partition coefficient (Wildman–Crippen LogP) is 2.57. The Hall–Kier alpha value is -1.55. The lowest BCUT2D eigenvalue weighted by Crippen LogP contribution is -2.15. The van der Waals surface area contributed by atoms with Crippen LogP contribution in [-0.2, 0) is 9.59 Å². The molecule has 1 amide bonds. The maximum absolute atomic E-state index is 11.5. The van der Waals surface area contributed by atoms with E-state index in [1.807, 2.05) is 6.92 Å². The fraction of sp³-hybridized carbons (Fsp3) is 0.333. The fourth-order valence-corrected chi connectivity index (χ4v) is 1.66. The third-order valence-electron chi connectivity index (χ3n) is 2.18. The number of halogens is 1. The normalized spacial score (nSPS) is 9.88. The first kappa shape index (κ1) is 13.5. The van der Waals surface area contributed by atoms with Crippen LogP contribution in [0.2, 0.25) is 5.02 Å². The van der Waals surface area contributed by atoms with E-state index in [9.17, 15) is 9.59 Å². The Morgan fingerprint density at radius 3 is 2.59 bits per heavy atom. The third kappa shape index (κ3) is 3.75. The van der Waals surface area contributed by atoms with Crippen LogP contribution in [0.3, 0.4) is 0 Å². The number of carbonyl (C=O) groups is 2. The monoisotopic (exact) mass is 255 g/mol. The predicted molar refractivity (Wildman–Crippen MR) is 66.7 cm³/mol. The van der Waals surface area contributed by atoms with Gasteiger partial charge >= 0.3 is 0 Å². The van der Waals surface area contributed by atoms with Crippen LogP contribution in [0.15, 0.2) is 12.1 Å². The fourth-order valence-electron chi connectivity index (χ4n) is 1.36. The number of hydrogen-bond donors (Lipinski definition) is 1. The van der Waals surface area contributed by atoms with Gasteiger partial charge in [-0.2, -0.15) is 0 Å². The van der Waals surface area contributed by atoms with E-state index in [0.29, 0.717) is 16.5 Å². The van der Waals surface area contributed by atoms with Gasteiger partial charge in [-0.1, -0.05) is 11.6 Å². The van der Waals surface area contributed by atoms with Gasteiger partial charge in [0.2, 0.25) is 5.91 Å². The van der Waals surface area contributed by atoms with Crippen molar-refractivity contribution in [3.05, 3.63) is 22.7 Å². The molecule has 0 spiro atoms. The van der Waals surface area contributed by atoms with Crippen LogP contribution < -0.4 is 10.1 Å². The molecule has 92 valence electrons. The number of rotatable bonds is 4. The summed E-state index contributed by atoms with van der Waals surface area (Å²) >= 11 is 5.93. The number of nitrogens with one attached hydrogen (secondary N) is 1. The Balaban J connectivity index is 2.91. The van der Waals surface area contributed by atoms with Crippen LogP contribution in [0.4, 0.5) is 5.69 Å². The Kier molecular flexibility index (Phi) is 4.52. The van der Waals surface area contributed by atoms with Crippen LogP contribution >= 0.6 is 11.6 Å². The molecule has 0 aliphatic heterocycles. The van der Waals surface area contributed by atoms with Crippen molar-refractivity contribution in [2.45, 2.75) is 20.3 Å². The summed E-state index contributed by atoms with van der Waals surface area (Å²) in [5, 5.41) is 3.13. The molecule has 0 aromatic heterocycles. The van der Waals surface area contributed by atoms with Crippen LogP contribution in [-0.4, -0.2) is 18.8 Å². The van der Waals surface area contributed by atoms with Crippen molar-refractivity contribution in [2.75, 3.05) is 12.4 Å². The summed E-state index contributed by atoms with van der Waals surface area (Å²) in [6.07, 6.45) is -0.135. The minimum absolute atomic E-state index is 0.135. The van der Waals surface area contributed by atoms with Crippen molar-refractivity contribution in [3.63, 3.8) is 0 Å². The van der Waals surface area contributed by atoms with Crippen molar-refractivity contribution in [1.82, 2.24) is 0 Å². The van der Waals surface area contributed by atoms with Gasteiger partial charge in [0.1, 0.15) is 11.5 Å². The molecule has 5 heteroatoms. The van der Waals surface area contributed by atoms with Crippen molar-refractivity contribution in [1.29, 1.82) is 0 Å². The highest BCUT2D eigenvalue weighted by Gasteiger charge is 2.10. The Morgan fingerprint density at radius 1 is 1.41 bits per heavy atom. The molecule has 0 saturated carbocycles. The molecule has 0 aliphatic carbocycles. The Labute approximate surface area is 105 Å². The molecule has 4 nitrogen and oxygen atoms in total. The molecule has 0 fully saturated rings. The smallest absolute Gasteiger partial charge is 0.231 e. The molecule has 0 aliphatic rings. The van der Waals surface area contributed by atoms with Gasteiger partial charge in [-0.25, -0.2) is 0 Å². The summed E-state index contributed by atoms with van der Waals surface area (Å²) in [5.41, 5.74) is 1.41. The number of Topliss-reactive ketones (excluding diaryl/α,β-unsaturated/α-hetero) is 1. The number of carbonyl (C=O) groups excluding carboxylic acids is 2. The highest BCUT2D eigenvalue weighted by atomic mass is 35.5. The minimum Gasteiger partial charge on any atom is -0.495 e. The molecule has 1 aromatic rings. The van der Waals surface area contributed by atoms with E-state index >= 15 is 0 Å². The third-order valence-corrected chi connectivity index (χ3v) is 2.48. The van der Waals surface area contributed by atoms with Crippen molar-refractivity contribution in [2.24, 2.45) is 0 Å². The number of ketones is 1. The van der Waals surface area contributed by atoms with Gasteiger partial charge in [-0.05, 0) is 25.5 Å². The van der Waals surface area contributed by atoms with E-state index in [2.05, 4.69) is 5.32 Å². The molecule has 0 saturated heterocycles. The Bertz CT molecular complexity index is 457. The second kappa shape index (κ2) is 5.68. The van der Waals surface area contributed by atoms with Gasteiger partial charge in [0.25, 0.3) is 0 Å². The van der Waals surface area contributed by atoms with Gasteiger partial charge in [-0.3, -0.25) is 9.59 Å². The average Bonchev–Trinajstić information content (AvgIpc) is 2.20. The maximum Gasteiger partial charge on any atom is 0.231 e. The quantitative estimate of drug-likeness (QED) is 0.842. The van der Waals surface area contributed by atoms with E-state index in [1.165, 1.54) is 14.0 Å². The summed E-state index contributed by atoms with van der Waals surface area (Å²) in [6.45, 7) is 3.18. The lowest BCUT2D eigenvalue weighted by atomic mass is 10.2. The van der Waals surface area contributed by atoms with Gasteiger partial charge in [0.15, 0.2) is 0 Å². The molecule has 1 rings (SSSR count). The number of hydrogen-bond acceptors (Lipinski definition) is 3. The zero-order chi connectivity index (χ0) is 13.0. The van der Waals surface area contributed by atoms with Crippen LogP contribution in [0.25, 0.3) is 0 Å². The van der Waals surface area contributed by atoms with E-state index in [-0.39, 0.29) is 18.1 Å². The standard InChI is InChI=1S/C12H14ClNO3/c1-7-4-9(13)11(17-3)6-10(7)14-12(16)5-8(2)15/h4,6H,5H2,1-3H3,(H,14,16).